The second kappa shape index (κ2) is 5.21. The van der Waals surface area contributed by atoms with Crippen LogP contribution in [-0.4, -0.2) is 49.7 Å². The van der Waals surface area contributed by atoms with Crippen LogP contribution in [0, 0.1) is 0 Å². The number of hydrogen-bond acceptors (Lipinski definition) is 1. The van der Waals surface area contributed by atoms with Crippen LogP contribution in [0.3, 0.4) is 0 Å². The smallest absolute Gasteiger partial charge is 0.412 e. The normalized spacial score (nSPS) is 8.43. The van der Waals surface area contributed by atoms with Crippen LogP contribution >= 0.6 is 7.82 Å². The van der Waals surface area contributed by atoms with Gasteiger partial charge in [0.05, 0.1) is 0 Å². The van der Waals surface area contributed by atoms with Gasteiger partial charge in [-0.3, -0.25) is 0 Å². The second-order valence-corrected chi connectivity index (χ2v) is 1.54. The molecule has 0 rings (SSSR count). The van der Waals surface area contributed by atoms with Crippen LogP contribution in [0.25, 0.3) is 0 Å². The third-order valence-electron chi connectivity index (χ3n) is 0. The molecule has 5 nitrogen and oxygen atoms in total. The third-order valence-corrected chi connectivity index (χ3v) is 0. The van der Waals surface area contributed by atoms with Crippen molar-refractivity contribution in [2.24, 2.45) is 0 Å². The van der Waals surface area contributed by atoms with Gasteiger partial charge in [-0.25, -0.2) is 4.57 Å². The molecule has 0 atom stereocenters. The molecule has 5 N–H and O–H groups in total. The first kappa shape index (κ1) is 15.7. The molecule has 7 heavy (non-hydrogen) atoms. The Bertz CT molecular complexity index is 54.2. The molecule has 0 spiro atoms. The Hall–Kier alpha value is 1.07. The van der Waals surface area contributed by atoms with Crippen molar-refractivity contribution in [3.63, 3.8) is 0 Å². The molecule has 0 aromatic rings. The van der Waals surface area contributed by atoms with Crippen molar-refractivity contribution in [3.05, 3.63) is 0 Å². The molecule has 0 saturated carbocycles. The maximum Gasteiger partial charge on any atom is 0.466 e. The molecule has 0 saturated heterocycles. The Kier molecular flexibility index (Phi) is 11.7. The van der Waals surface area contributed by atoms with Gasteiger partial charge in [0.1, 0.15) is 0 Å². The zero-order valence-electron chi connectivity index (χ0n) is 3.70. The molecule has 0 aliphatic heterocycles. The van der Waals surface area contributed by atoms with Crippen LogP contribution in [0.4, 0.5) is 0 Å². The molecule has 0 aliphatic carbocycles. The summed E-state index contributed by atoms with van der Waals surface area (Å²) in [5.74, 6) is 0. The van der Waals surface area contributed by atoms with E-state index < -0.39 is 7.82 Å². The minimum absolute atomic E-state index is 0. The summed E-state index contributed by atoms with van der Waals surface area (Å²) in [5, 5.41) is 0. The van der Waals surface area contributed by atoms with Crippen molar-refractivity contribution in [1.82, 2.24) is 0 Å². The van der Waals surface area contributed by atoms with E-state index in [1.165, 1.54) is 0 Å². The monoisotopic (exact) mass is 139 g/mol. The number of rotatable bonds is 0. The van der Waals surface area contributed by atoms with Crippen molar-refractivity contribution >= 4 is 37.4 Å². The van der Waals surface area contributed by atoms with Crippen molar-refractivity contribution in [3.8, 4) is 0 Å². The van der Waals surface area contributed by atoms with Crippen LogP contribution in [0.1, 0.15) is 0 Å². The summed E-state index contributed by atoms with van der Waals surface area (Å²) in [6, 6.07) is 0. The van der Waals surface area contributed by atoms with E-state index >= 15 is 0 Å². The summed E-state index contributed by atoms with van der Waals surface area (Å²) in [6.07, 6.45) is 0. The van der Waals surface area contributed by atoms with Gasteiger partial charge in [-0.1, -0.05) is 0 Å². The van der Waals surface area contributed by atoms with Crippen LogP contribution in [0.5, 0.6) is 0 Å². The van der Waals surface area contributed by atoms with E-state index in [9.17, 15) is 0 Å². The predicted molar refractivity (Wildman–Crippen MR) is 23.6 cm³/mol. The van der Waals surface area contributed by atoms with Gasteiger partial charge in [-0.2, -0.15) is 0 Å². The largest absolute Gasteiger partial charge is 0.466 e. The van der Waals surface area contributed by atoms with E-state index in [4.69, 9.17) is 19.2 Å². The Morgan fingerprint density at radius 3 is 1.14 bits per heavy atom. The van der Waals surface area contributed by atoms with Crippen LogP contribution in [0.2, 0.25) is 0 Å². The van der Waals surface area contributed by atoms with Crippen LogP contribution in [-0.2, 0) is 4.57 Å². The summed E-state index contributed by atoms with van der Waals surface area (Å²) >= 11 is 0. The van der Waals surface area contributed by atoms with E-state index in [2.05, 4.69) is 0 Å². The molecule has 0 aromatic heterocycles. The van der Waals surface area contributed by atoms with Crippen molar-refractivity contribution in [1.29, 1.82) is 0 Å². The second-order valence-electron chi connectivity index (χ2n) is 0.513. The van der Waals surface area contributed by atoms with Crippen LogP contribution < -0.4 is 0 Å². The summed E-state index contributed by atoms with van der Waals surface area (Å²) in [4.78, 5) is 21.6. The van der Waals surface area contributed by atoms with E-state index in [0.29, 0.717) is 0 Å². The average molecular weight is 139 g/mol. The SMILES string of the molecule is O.O=P(O)(O)O.[Na]. The van der Waals surface area contributed by atoms with Gasteiger partial charge in [0.25, 0.3) is 0 Å². The third kappa shape index (κ3) is 159. The summed E-state index contributed by atoms with van der Waals surface area (Å²) in [7, 11) is -4.64. The summed E-state index contributed by atoms with van der Waals surface area (Å²) < 4.78 is 8.88. The molecular formula is H5NaO5P. The number of hydrogen-bond donors (Lipinski definition) is 3. The quantitative estimate of drug-likeness (QED) is 0.263. The fraction of sp³-hybridized carbons (Fsp3) is 0. The van der Waals surface area contributed by atoms with Gasteiger partial charge < -0.3 is 20.2 Å². The average Bonchev–Trinajstić information content (AvgIpc) is 0.722. The first-order valence-electron chi connectivity index (χ1n) is 0.783. The Morgan fingerprint density at radius 1 is 1.14 bits per heavy atom. The topological polar surface area (TPSA) is 109 Å². The minimum Gasteiger partial charge on any atom is -0.412 e. The van der Waals surface area contributed by atoms with Gasteiger partial charge in [0.2, 0.25) is 0 Å². The standard InChI is InChI=1S/Na.H3O4P.H2O/c;1-5(2,3)4;/h;(H3,1,2,3,4);1H2. The van der Waals surface area contributed by atoms with Gasteiger partial charge in [-0.05, 0) is 0 Å². The van der Waals surface area contributed by atoms with Gasteiger partial charge in [-0.15, -0.1) is 0 Å². The molecule has 41 valence electrons. The summed E-state index contributed by atoms with van der Waals surface area (Å²) in [5.41, 5.74) is 0. The summed E-state index contributed by atoms with van der Waals surface area (Å²) in [6.45, 7) is 0. The van der Waals surface area contributed by atoms with Gasteiger partial charge in [0, 0.05) is 29.6 Å². The van der Waals surface area contributed by atoms with E-state index in [1.807, 2.05) is 0 Å². The predicted octanol–water partition coefficient (Wildman–Crippen LogP) is -2.13. The van der Waals surface area contributed by atoms with Crippen LogP contribution in [0.15, 0.2) is 0 Å². The number of phosphoric acid groups is 1. The van der Waals surface area contributed by atoms with Crippen molar-refractivity contribution in [2.75, 3.05) is 0 Å². The molecule has 0 aromatic carbocycles. The first-order valence-corrected chi connectivity index (χ1v) is 2.35. The molecule has 0 fully saturated rings. The maximum absolute atomic E-state index is 8.88. The molecule has 0 unspecified atom stereocenters. The first-order chi connectivity index (χ1) is 2.00. The fourth-order valence-electron chi connectivity index (χ4n) is 0. The zero-order valence-corrected chi connectivity index (χ0v) is 6.59. The molecular weight excluding hydrogens is 134 g/mol. The van der Waals surface area contributed by atoms with Gasteiger partial charge in [0.15, 0.2) is 0 Å². The molecule has 0 bridgehead atoms. The molecule has 1 radical (unpaired) electrons. The van der Waals surface area contributed by atoms with Crippen molar-refractivity contribution < 1.29 is 24.7 Å². The fourth-order valence-corrected chi connectivity index (χ4v) is 0. The minimum atomic E-state index is -4.64. The molecule has 0 heterocycles. The van der Waals surface area contributed by atoms with Gasteiger partial charge >= 0.3 is 7.82 Å². The molecule has 0 amide bonds. The van der Waals surface area contributed by atoms with Crippen molar-refractivity contribution in [2.45, 2.75) is 0 Å². The maximum atomic E-state index is 8.88. The van der Waals surface area contributed by atoms with E-state index in [1.54, 1.807) is 0 Å². The van der Waals surface area contributed by atoms with E-state index in [0.717, 1.165) is 0 Å². The zero-order chi connectivity index (χ0) is 4.50. The molecule has 0 aliphatic rings. The van der Waals surface area contributed by atoms with E-state index in [-0.39, 0.29) is 35.0 Å². The Labute approximate surface area is 62.2 Å². The Morgan fingerprint density at radius 2 is 1.14 bits per heavy atom. The Balaban J connectivity index is -0.0000000800. The molecule has 7 heteroatoms.